The number of rotatable bonds is 8. The summed E-state index contributed by atoms with van der Waals surface area (Å²) in [4.78, 5) is 26.7. The average Bonchev–Trinajstić information content (AvgIpc) is 2.76. The molecule has 0 aromatic carbocycles. The molecule has 1 heterocycles. The zero-order chi connectivity index (χ0) is 15.8. The molecule has 0 unspecified atom stereocenters. The van der Waals surface area contributed by atoms with Gasteiger partial charge in [-0.05, 0) is 12.8 Å². The van der Waals surface area contributed by atoms with E-state index in [0.29, 0.717) is 13.1 Å². The van der Waals surface area contributed by atoms with E-state index in [1.54, 1.807) is 0 Å². The van der Waals surface area contributed by atoms with Crippen LogP contribution in [0.1, 0.15) is 60.5 Å². The number of unbranched alkanes of at least 4 members (excludes halogenated alkanes) is 2. The van der Waals surface area contributed by atoms with Gasteiger partial charge in [0.1, 0.15) is 11.4 Å². The summed E-state index contributed by atoms with van der Waals surface area (Å²) >= 11 is 12.0. The van der Waals surface area contributed by atoms with Crippen LogP contribution in [0.5, 0.6) is 0 Å². The van der Waals surface area contributed by atoms with Gasteiger partial charge in [-0.1, -0.05) is 49.9 Å². The van der Waals surface area contributed by atoms with E-state index >= 15 is 0 Å². The molecule has 0 saturated heterocycles. The largest absolute Gasteiger partial charge is 0.351 e. The Morgan fingerprint density at radius 3 is 1.62 bits per heavy atom. The van der Waals surface area contributed by atoms with Crippen molar-refractivity contribution in [2.24, 2.45) is 0 Å². The SMILES string of the molecule is CCCCNC(=O)c1[nH]c(C(=O)NCCCC)c(Cl)c1Cl. The molecule has 0 saturated carbocycles. The molecule has 1 rings (SSSR count). The van der Waals surface area contributed by atoms with Crippen LogP contribution in [-0.4, -0.2) is 29.9 Å². The van der Waals surface area contributed by atoms with E-state index in [1.165, 1.54) is 0 Å². The highest BCUT2D eigenvalue weighted by Crippen LogP contribution is 2.29. The number of carbonyl (C=O) groups excluding carboxylic acids is 2. The maximum atomic E-state index is 12.0. The first-order chi connectivity index (χ1) is 10.0. The van der Waals surface area contributed by atoms with E-state index in [1.807, 2.05) is 13.8 Å². The van der Waals surface area contributed by atoms with Gasteiger partial charge in [0.15, 0.2) is 0 Å². The van der Waals surface area contributed by atoms with Gasteiger partial charge < -0.3 is 15.6 Å². The average molecular weight is 334 g/mol. The van der Waals surface area contributed by atoms with Gasteiger partial charge in [0.25, 0.3) is 11.8 Å². The summed E-state index contributed by atoms with van der Waals surface area (Å²) in [5.74, 6) is -0.717. The number of amides is 2. The van der Waals surface area contributed by atoms with E-state index in [-0.39, 0.29) is 33.2 Å². The fourth-order valence-corrected chi connectivity index (χ4v) is 2.16. The number of aromatic nitrogens is 1. The number of hydrogen-bond donors (Lipinski definition) is 3. The van der Waals surface area contributed by atoms with E-state index in [0.717, 1.165) is 25.7 Å². The number of halogens is 2. The first-order valence-corrected chi connectivity index (χ1v) is 7.91. The summed E-state index contributed by atoms with van der Waals surface area (Å²) in [5.41, 5.74) is 0.247. The van der Waals surface area contributed by atoms with Gasteiger partial charge in [0.2, 0.25) is 0 Å². The van der Waals surface area contributed by atoms with Crippen LogP contribution in [0.25, 0.3) is 0 Å². The zero-order valence-corrected chi connectivity index (χ0v) is 13.8. The van der Waals surface area contributed by atoms with E-state index in [2.05, 4.69) is 15.6 Å². The molecule has 2 amide bonds. The molecular formula is C14H21Cl2N3O2. The molecule has 0 atom stereocenters. The summed E-state index contributed by atoms with van der Waals surface area (Å²) in [7, 11) is 0. The minimum atomic E-state index is -0.358. The first kappa shape index (κ1) is 17.9. The zero-order valence-electron chi connectivity index (χ0n) is 12.3. The molecule has 1 aromatic heterocycles. The Hall–Kier alpha value is -1.20. The molecule has 118 valence electrons. The molecule has 0 spiro atoms. The predicted octanol–water partition coefficient (Wildman–Crippen LogP) is 3.38. The Bertz CT molecular complexity index is 458. The Labute approximate surface area is 134 Å². The van der Waals surface area contributed by atoms with E-state index in [9.17, 15) is 9.59 Å². The normalized spacial score (nSPS) is 10.5. The number of hydrogen-bond acceptors (Lipinski definition) is 2. The smallest absolute Gasteiger partial charge is 0.269 e. The second-order valence-electron chi connectivity index (χ2n) is 4.72. The highest BCUT2D eigenvalue weighted by atomic mass is 35.5. The lowest BCUT2D eigenvalue weighted by atomic mass is 10.3. The van der Waals surface area contributed by atoms with Crippen molar-refractivity contribution in [1.82, 2.24) is 15.6 Å². The van der Waals surface area contributed by atoms with Gasteiger partial charge in [-0.15, -0.1) is 0 Å². The van der Waals surface area contributed by atoms with Crippen molar-refractivity contribution in [1.29, 1.82) is 0 Å². The fourth-order valence-electron chi connectivity index (χ4n) is 1.70. The third-order valence-electron chi connectivity index (χ3n) is 2.97. The molecule has 0 radical (unpaired) electrons. The van der Waals surface area contributed by atoms with Gasteiger partial charge in [-0.3, -0.25) is 9.59 Å². The number of carbonyl (C=O) groups is 2. The molecule has 7 heteroatoms. The van der Waals surface area contributed by atoms with Crippen LogP contribution < -0.4 is 10.6 Å². The number of nitrogens with one attached hydrogen (secondary N) is 3. The van der Waals surface area contributed by atoms with Crippen LogP contribution >= 0.6 is 23.2 Å². The predicted molar refractivity (Wildman–Crippen MR) is 85.3 cm³/mol. The standard InChI is InChI=1S/C14H21Cl2N3O2/c1-3-5-7-17-13(20)11-9(15)10(16)12(19-11)14(21)18-8-6-4-2/h19H,3-8H2,1-2H3,(H,17,20)(H,18,21). The van der Waals surface area contributed by atoms with Gasteiger partial charge in [0, 0.05) is 13.1 Å². The molecule has 1 aromatic rings. The second-order valence-corrected chi connectivity index (χ2v) is 5.48. The van der Waals surface area contributed by atoms with Crippen LogP contribution in [0.3, 0.4) is 0 Å². The fraction of sp³-hybridized carbons (Fsp3) is 0.571. The first-order valence-electron chi connectivity index (χ1n) is 7.16. The Balaban J connectivity index is 2.78. The maximum absolute atomic E-state index is 12.0. The highest BCUT2D eigenvalue weighted by Gasteiger charge is 2.23. The summed E-state index contributed by atoms with van der Waals surface area (Å²) in [6.07, 6.45) is 3.71. The Morgan fingerprint density at radius 1 is 0.905 bits per heavy atom. The van der Waals surface area contributed by atoms with Crippen molar-refractivity contribution < 1.29 is 9.59 Å². The maximum Gasteiger partial charge on any atom is 0.269 e. The van der Waals surface area contributed by atoms with Crippen LogP contribution in [-0.2, 0) is 0 Å². The summed E-state index contributed by atoms with van der Waals surface area (Å²) in [6, 6.07) is 0. The molecule has 0 bridgehead atoms. The third kappa shape index (κ3) is 4.93. The van der Waals surface area contributed by atoms with E-state index < -0.39 is 0 Å². The van der Waals surface area contributed by atoms with Crippen LogP contribution in [0.2, 0.25) is 10.0 Å². The molecule has 3 N–H and O–H groups in total. The lowest BCUT2D eigenvalue weighted by Crippen LogP contribution is -2.26. The third-order valence-corrected chi connectivity index (χ3v) is 3.82. The molecule has 5 nitrogen and oxygen atoms in total. The summed E-state index contributed by atoms with van der Waals surface area (Å²) in [6.45, 7) is 5.17. The van der Waals surface area contributed by atoms with E-state index in [4.69, 9.17) is 23.2 Å². The van der Waals surface area contributed by atoms with Gasteiger partial charge in [-0.25, -0.2) is 0 Å². The molecule has 0 aliphatic heterocycles. The van der Waals surface area contributed by atoms with Crippen molar-refractivity contribution in [2.45, 2.75) is 39.5 Å². The van der Waals surface area contributed by atoms with Crippen molar-refractivity contribution in [3.8, 4) is 0 Å². The van der Waals surface area contributed by atoms with Gasteiger partial charge >= 0.3 is 0 Å². The highest BCUT2D eigenvalue weighted by molar-refractivity contribution is 6.45. The second kappa shape index (κ2) is 8.95. The Morgan fingerprint density at radius 2 is 1.29 bits per heavy atom. The minimum absolute atomic E-state index is 0.0753. The van der Waals surface area contributed by atoms with Crippen molar-refractivity contribution >= 4 is 35.0 Å². The molecule has 0 fully saturated rings. The van der Waals surface area contributed by atoms with Crippen LogP contribution in [0.15, 0.2) is 0 Å². The molecule has 0 aliphatic carbocycles. The topological polar surface area (TPSA) is 74.0 Å². The number of H-pyrrole nitrogens is 1. The van der Waals surface area contributed by atoms with Crippen molar-refractivity contribution in [3.05, 3.63) is 21.4 Å². The Kier molecular flexibility index (Phi) is 7.61. The van der Waals surface area contributed by atoms with Crippen LogP contribution in [0.4, 0.5) is 0 Å². The van der Waals surface area contributed by atoms with Gasteiger partial charge in [0.05, 0.1) is 10.0 Å². The molecule has 21 heavy (non-hydrogen) atoms. The molecule has 0 aliphatic rings. The summed E-state index contributed by atoms with van der Waals surface area (Å²) < 4.78 is 0. The van der Waals surface area contributed by atoms with Crippen molar-refractivity contribution in [3.63, 3.8) is 0 Å². The quantitative estimate of drug-likeness (QED) is 0.638. The molecular weight excluding hydrogens is 313 g/mol. The lowest BCUT2D eigenvalue weighted by molar-refractivity contribution is 0.0947. The summed E-state index contributed by atoms with van der Waals surface area (Å²) in [5, 5.41) is 5.61. The van der Waals surface area contributed by atoms with Gasteiger partial charge in [-0.2, -0.15) is 0 Å². The monoisotopic (exact) mass is 333 g/mol. The van der Waals surface area contributed by atoms with Crippen LogP contribution in [0, 0.1) is 0 Å². The lowest BCUT2D eigenvalue weighted by Gasteiger charge is -2.03. The number of aromatic amines is 1. The minimum Gasteiger partial charge on any atom is -0.351 e. The van der Waals surface area contributed by atoms with Crippen molar-refractivity contribution in [2.75, 3.05) is 13.1 Å².